The number of hydrogen-bond donors (Lipinski definition) is 0. The van der Waals surface area contributed by atoms with Gasteiger partial charge in [0.05, 0.1) is 31.7 Å². The lowest BCUT2D eigenvalue weighted by molar-refractivity contribution is -0.157. The molecule has 1 aliphatic rings. The summed E-state index contributed by atoms with van der Waals surface area (Å²) in [5, 5.41) is 0.903. The van der Waals surface area contributed by atoms with Crippen molar-refractivity contribution in [3.8, 4) is 0 Å². The van der Waals surface area contributed by atoms with E-state index in [0.717, 1.165) is 32.6 Å². The van der Waals surface area contributed by atoms with Crippen LogP contribution in [-0.4, -0.2) is 20.5 Å². The molecule has 0 saturated heterocycles. The summed E-state index contributed by atoms with van der Waals surface area (Å²) in [6, 6.07) is 14.6. The molecule has 0 amide bonds. The van der Waals surface area contributed by atoms with Gasteiger partial charge in [-0.25, -0.2) is 9.97 Å². The van der Waals surface area contributed by atoms with E-state index in [1.54, 1.807) is 35.6 Å². The minimum absolute atomic E-state index is 0.0534. The van der Waals surface area contributed by atoms with E-state index in [1.165, 1.54) is 0 Å². The number of carbonyl (C=O) groups is 1. The Hall–Kier alpha value is -2.87. The minimum atomic E-state index is -2.76. The number of ether oxygens (including phenoxy) is 1. The molecule has 1 fully saturated rings. The number of imidazole rings is 1. The lowest BCUT2D eigenvalue weighted by atomic mass is 9.83. The maximum absolute atomic E-state index is 13.7. The van der Waals surface area contributed by atoms with E-state index in [0.29, 0.717) is 30.3 Å². The number of aromatic nitrogens is 3. The fraction of sp³-hybridized carbons (Fsp3) is 0.348. The molecule has 0 spiro atoms. The number of benzene rings is 2. The van der Waals surface area contributed by atoms with Crippen molar-refractivity contribution in [1.82, 2.24) is 14.5 Å². The Balaban J connectivity index is 1.38. The molecular formula is C23H21F2N3O2S. The highest BCUT2D eigenvalue weighted by atomic mass is 32.1. The summed E-state index contributed by atoms with van der Waals surface area (Å²) in [6.07, 6.45) is 3.82. The molecule has 0 aliphatic heterocycles. The second kappa shape index (κ2) is 8.00. The third kappa shape index (κ3) is 3.69. The lowest BCUT2D eigenvalue weighted by Gasteiger charge is -2.25. The zero-order valence-electron chi connectivity index (χ0n) is 16.8. The van der Waals surface area contributed by atoms with Crippen LogP contribution in [0.15, 0.2) is 48.5 Å². The second-order valence-electron chi connectivity index (χ2n) is 7.98. The Morgan fingerprint density at radius 3 is 2.52 bits per heavy atom. The van der Waals surface area contributed by atoms with Crippen LogP contribution >= 0.6 is 11.3 Å². The van der Waals surface area contributed by atoms with Crippen LogP contribution in [0, 0.1) is 5.41 Å². The summed E-state index contributed by atoms with van der Waals surface area (Å²) in [5.74, 6) is -0.296. The maximum Gasteiger partial charge on any atom is 0.320 e. The standard InChI is InChI=1S/C23H21F2N3O2S/c24-22(25)28-17-9-3-1-7-15(17)26-19(28)14-30-21(29)23(11-5-6-12-23)13-20-27-16-8-2-4-10-18(16)31-20/h1-4,7-10,22H,5-6,11-14H2. The zero-order valence-corrected chi connectivity index (χ0v) is 17.6. The van der Waals surface area contributed by atoms with Gasteiger partial charge in [-0.3, -0.25) is 9.36 Å². The molecule has 1 aliphatic carbocycles. The summed E-state index contributed by atoms with van der Waals surface area (Å²) in [5.41, 5.74) is 1.05. The summed E-state index contributed by atoms with van der Waals surface area (Å²) < 4.78 is 34.8. The number of esters is 1. The molecule has 0 N–H and O–H groups in total. The number of carbonyl (C=O) groups excluding carboxylic acids is 1. The average molecular weight is 442 g/mol. The lowest BCUT2D eigenvalue weighted by Crippen LogP contribution is -2.32. The maximum atomic E-state index is 13.7. The van der Waals surface area contributed by atoms with Crippen LogP contribution in [0.4, 0.5) is 8.78 Å². The Morgan fingerprint density at radius 1 is 1.06 bits per heavy atom. The molecule has 160 valence electrons. The molecular weight excluding hydrogens is 420 g/mol. The van der Waals surface area contributed by atoms with E-state index in [-0.39, 0.29) is 18.4 Å². The number of para-hydroxylation sites is 3. The molecule has 8 heteroatoms. The molecule has 0 bridgehead atoms. The molecule has 1 saturated carbocycles. The Morgan fingerprint density at radius 2 is 1.77 bits per heavy atom. The van der Waals surface area contributed by atoms with Crippen LogP contribution < -0.4 is 0 Å². The van der Waals surface area contributed by atoms with Gasteiger partial charge in [0, 0.05) is 6.42 Å². The van der Waals surface area contributed by atoms with Crippen LogP contribution in [-0.2, 0) is 22.6 Å². The molecule has 2 aromatic heterocycles. The number of fused-ring (bicyclic) bond motifs is 2. The highest BCUT2D eigenvalue weighted by molar-refractivity contribution is 7.18. The van der Waals surface area contributed by atoms with E-state index in [1.807, 2.05) is 24.3 Å². The first-order chi connectivity index (χ1) is 15.1. The van der Waals surface area contributed by atoms with E-state index in [2.05, 4.69) is 9.97 Å². The summed E-state index contributed by atoms with van der Waals surface area (Å²) in [7, 11) is 0. The molecule has 31 heavy (non-hydrogen) atoms. The SMILES string of the molecule is O=C(OCc1nc2ccccc2n1C(F)F)C1(Cc2nc3ccccc3s2)CCCC1. The molecule has 2 aromatic carbocycles. The Labute approximate surface area is 181 Å². The number of thiazole rings is 1. The topological polar surface area (TPSA) is 57.0 Å². The van der Waals surface area contributed by atoms with Crippen molar-refractivity contribution < 1.29 is 18.3 Å². The smallest absolute Gasteiger partial charge is 0.320 e. The predicted octanol–water partition coefficient (Wildman–Crippen LogP) is 5.89. The highest BCUT2D eigenvalue weighted by Crippen LogP contribution is 2.43. The molecule has 0 atom stereocenters. The number of halogens is 2. The Kier molecular flexibility index (Phi) is 5.17. The molecule has 0 unspecified atom stereocenters. The molecule has 5 nitrogen and oxygen atoms in total. The first-order valence-electron chi connectivity index (χ1n) is 10.3. The largest absolute Gasteiger partial charge is 0.457 e. The van der Waals surface area contributed by atoms with Gasteiger partial charge in [0.15, 0.2) is 5.82 Å². The monoisotopic (exact) mass is 441 g/mol. The van der Waals surface area contributed by atoms with E-state index < -0.39 is 12.0 Å². The van der Waals surface area contributed by atoms with Crippen molar-refractivity contribution >= 4 is 38.6 Å². The predicted molar refractivity (Wildman–Crippen MR) is 115 cm³/mol. The van der Waals surface area contributed by atoms with Gasteiger partial charge in [-0.05, 0) is 37.1 Å². The summed E-state index contributed by atoms with van der Waals surface area (Å²) in [6.45, 7) is -3.04. The number of alkyl halides is 2. The fourth-order valence-electron chi connectivity index (χ4n) is 4.49. The van der Waals surface area contributed by atoms with Crippen LogP contribution in [0.1, 0.15) is 43.1 Å². The van der Waals surface area contributed by atoms with Gasteiger partial charge >= 0.3 is 12.5 Å². The second-order valence-corrected chi connectivity index (χ2v) is 9.10. The zero-order chi connectivity index (χ0) is 21.4. The van der Waals surface area contributed by atoms with E-state index >= 15 is 0 Å². The average Bonchev–Trinajstić information content (AvgIpc) is 3.48. The van der Waals surface area contributed by atoms with Gasteiger partial charge in [-0.15, -0.1) is 11.3 Å². The third-order valence-electron chi connectivity index (χ3n) is 6.02. The van der Waals surface area contributed by atoms with Gasteiger partial charge in [-0.1, -0.05) is 37.1 Å². The van der Waals surface area contributed by atoms with Crippen LogP contribution in [0.2, 0.25) is 0 Å². The van der Waals surface area contributed by atoms with Crippen molar-refractivity contribution in [3.05, 3.63) is 59.4 Å². The van der Waals surface area contributed by atoms with Crippen molar-refractivity contribution in [2.24, 2.45) is 5.41 Å². The molecule has 0 radical (unpaired) electrons. The van der Waals surface area contributed by atoms with Crippen LogP contribution in [0.3, 0.4) is 0 Å². The van der Waals surface area contributed by atoms with Crippen LogP contribution in [0.5, 0.6) is 0 Å². The summed E-state index contributed by atoms with van der Waals surface area (Å²) in [4.78, 5) is 22.1. The van der Waals surface area contributed by atoms with Crippen molar-refractivity contribution in [2.75, 3.05) is 0 Å². The van der Waals surface area contributed by atoms with Gasteiger partial charge in [0.1, 0.15) is 6.61 Å². The normalized spacial score (nSPS) is 15.8. The van der Waals surface area contributed by atoms with E-state index in [9.17, 15) is 13.6 Å². The number of nitrogens with zero attached hydrogens (tertiary/aromatic N) is 3. The molecule has 4 aromatic rings. The van der Waals surface area contributed by atoms with E-state index in [4.69, 9.17) is 4.74 Å². The fourth-order valence-corrected chi connectivity index (χ4v) is 5.60. The first-order valence-corrected chi connectivity index (χ1v) is 11.1. The van der Waals surface area contributed by atoms with Crippen molar-refractivity contribution in [3.63, 3.8) is 0 Å². The van der Waals surface area contributed by atoms with Gasteiger partial charge in [0.2, 0.25) is 0 Å². The molecule has 2 heterocycles. The number of hydrogen-bond acceptors (Lipinski definition) is 5. The van der Waals surface area contributed by atoms with Crippen molar-refractivity contribution in [1.29, 1.82) is 0 Å². The Bertz CT molecular complexity index is 1210. The number of rotatable bonds is 6. The van der Waals surface area contributed by atoms with Crippen molar-refractivity contribution in [2.45, 2.75) is 45.3 Å². The van der Waals surface area contributed by atoms with Gasteiger partial charge in [-0.2, -0.15) is 8.78 Å². The summed E-state index contributed by atoms with van der Waals surface area (Å²) >= 11 is 1.59. The quantitative estimate of drug-likeness (QED) is 0.350. The minimum Gasteiger partial charge on any atom is -0.457 e. The first kappa shape index (κ1) is 20.1. The van der Waals surface area contributed by atoms with Gasteiger partial charge < -0.3 is 4.74 Å². The highest BCUT2D eigenvalue weighted by Gasteiger charge is 2.43. The third-order valence-corrected chi connectivity index (χ3v) is 7.05. The molecule has 5 rings (SSSR count). The van der Waals surface area contributed by atoms with Crippen LogP contribution in [0.25, 0.3) is 21.3 Å². The van der Waals surface area contributed by atoms with Gasteiger partial charge in [0.25, 0.3) is 0 Å².